The number of benzene rings is 2. The first-order valence-corrected chi connectivity index (χ1v) is 7.12. The summed E-state index contributed by atoms with van der Waals surface area (Å²) >= 11 is 9.33. The molecule has 0 radical (unpaired) electrons. The number of nitrogens with one attached hydrogen (secondary N) is 1. The Bertz CT molecular complexity index is 601. The highest BCUT2D eigenvalue weighted by atomic mass is 79.9. The Labute approximate surface area is 125 Å². The van der Waals surface area contributed by atoms with Crippen molar-refractivity contribution in [3.63, 3.8) is 0 Å². The molecule has 1 atom stereocenters. The molecule has 2 aromatic carbocycles. The largest absolute Gasteiger partial charge is 0.378 e. The number of anilines is 1. The third-order valence-electron chi connectivity index (χ3n) is 2.94. The summed E-state index contributed by atoms with van der Waals surface area (Å²) in [6, 6.07) is 10.9. The lowest BCUT2D eigenvalue weighted by Gasteiger charge is -2.17. The predicted octanol–water partition coefficient (Wildman–Crippen LogP) is 5.72. The van der Waals surface area contributed by atoms with Gasteiger partial charge in [-0.3, -0.25) is 0 Å². The zero-order valence-corrected chi connectivity index (χ0v) is 13.0. The topological polar surface area (TPSA) is 12.0 Å². The van der Waals surface area contributed by atoms with Gasteiger partial charge in [-0.15, -0.1) is 0 Å². The first kappa shape index (κ1) is 14.4. The van der Waals surface area contributed by atoms with Crippen molar-refractivity contribution < 1.29 is 4.39 Å². The molecule has 1 nitrogen and oxygen atoms in total. The maximum Gasteiger partial charge on any atom is 0.141 e. The second-order valence-corrected chi connectivity index (χ2v) is 5.78. The Kier molecular flexibility index (Phi) is 4.48. The average molecular weight is 343 g/mol. The van der Waals surface area contributed by atoms with Gasteiger partial charge in [0, 0.05) is 16.2 Å². The third kappa shape index (κ3) is 3.48. The number of hydrogen-bond acceptors (Lipinski definition) is 1. The minimum atomic E-state index is -0.394. The van der Waals surface area contributed by atoms with Crippen molar-refractivity contribution in [1.82, 2.24) is 0 Å². The van der Waals surface area contributed by atoms with Crippen LogP contribution in [0.15, 0.2) is 40.9 Å². The van der Waals surface area contributed by atoms with Gasteiger partial charge in [0.2, 0.25) is 0 Å². The Morgan fingerprint density at radius 1 is 1.21 bits per heavy atom. The average Bonchev–Trinajstić information content (AvgIpc) is 2.36. The zero-order chi connectivity index (χ0) is 14.0. The lowest BCUT2D eigenvalue weighted by Crippen LogP contribution is -2.07. The number of hydrogen-bond donors (Lipinski definition) is 1. The van der Waals surface area contributed by atoms with Gasteiger partial charge in [0.25, 0.3) is 0 Å². The van der Waals surface area contributed by atoms with Gasteiger partial charge in [-0.1, -0.05) is 23.7 Å². The van der Waals surface area contributed by atoms with Gasteiger partial charge in [0.15, 0.2) is 0 Å². The van der Waals surface area contributed by atoms with Crippen LogP contribution < -0.4 is 5.32 Å². The molecule has 1 N–H and O–H groups in total. The quantitative estimate of drug-likeness (QED) is 0.752. The summed E-state index contributed by atoms with van der Waals surface area (Å²) in [5.74, 6) is -0.394. The van der Waals surface area contributed by atoms with E-state index < -0.39 is 5.82 Å². The van der Waals surface area contributed by atoms with E-state index in [4.69, 9.17) is 11.6 Å². The molecule has 2 rings (SSSR count). The fourth-order valence-electron chi connectivity index (χ4n) is 1.84. The molecule has 0 heterocycles. The molecule has 0 aliphatic heterocycles. The highest BCUT2D eigenvalue weighted by molar-refractivity contribution is 9.10. The van der Waals surface area contributed by atoms with Crippen molar-refractivity contribution in [2.45, 2.75) is 19.9 Å². The number of halogens is 3. The highest BCUT2D eigenvalue weighted by Crippen LogP contribution is 2.28. The van der Waals surface area contributed by atoms with Crippen LogP contribution in [0.1, 0.15) is 24.1 Å². The van der Waals surface area contributed by atoms with E-state index in [1.54, 1.807) is 12.1 Å². The maximum absolute atomic E-state index is 13.1. The predicted molar refractivity (Wildman–Crippen MR) is 82.3 cm³/mol. The second kappa shape index (κ2) is 5.93. The first-order chi connectivity index (χ1) is 8.97. The molecule has 0 amide bonds. The van der Waals surface area contributed by atoms with Crippen molar-refractivity contribution in [3.8, 4) is 0 Å². The van der Waals surface area contributed by atoms with E-state index >= 15 is 0 Å². The van der Waals surface area contributed by atoms with Gasteiger partial charge < -0.3 is 5.32 Å². The number of aryl methyl sites for hydroxylation is 1. The van der Waals surface area contributed by atoms with E-state index in [0.29, 0.717) is 0 Å². The lowest BCUT2D eigenvalue weighted by molar-refractivity contribution is 0.627. The molecule has 1 unspecified atom stereocenters. The fraction of sp³-hybridized carbons (Fsp3) is 0.200. The summed E-state index contributed by atoms with van der Waals surface area (Å²) in [6.07, 6.45) is 0. The Morgan fingerprint density at radius 2 is 1.95 bits per heavy atom. The van der Waals surface area contributed by atoms with Gasteiger partial charge in [0.1, 0.15) is 5.82 Å². The van der Waals surface area contributed by atoms with Crippen LogP contribution in [0.3, 0.4) is 0 Å². The molecule has 0 spiro atoms. The molecule has 2 aromatic rings. The highest BCUT2D eigenvalue weighted by Gasteiger charge is 2.09. The van der Waals surface area contributed by atoms with Crippen LogP contribution in [0, 0.1) is 12.7 Å². The normalized spacial score (nSPS) is 12.3. The van der Waals surface area contributed by atoms with Crippen molar-refractivity contribution in [2.75, 3.05) is 5.32 Å². The summed E-state index contributed by atoms with van der Waals surface area (Å²) < 4.78 is 14.1. The van der Waals surface area contributed by atoms with E-state index in [0.717, 1.165) is 15.7 Å². The molecule has 0 fully saturated rings. The van der Waals surface area contributed by atoms with Crippen LogP contribution in [-0.4, -0.2) is 0 Å². The van der Waals surface area contributed by atoms with E-state index in [-0.39, 0.29) is 11.1 Å². The third-order valence-corrected chi connectivity index (χ3v) is 3.89. The van der Waals surface area contributed by atoms with Crippen molar-refractivity contribution >= 4 is 33.2 Å². The molecule has 0 aromatic heterocycles. The minimum absolute atomic E-state index is 0.0390. The molecule has 0 bridgehead atoms. The van der Waals surface area contributed by atoms with Crippen LogP contribution >= 0.6 is 27.5 Å². The molecular formula is C15H14BrClFN. The van der Waals surface area contributed by atoms with E-state index in [9.17, 15) is 4.39 Å². The van der Waals surface area contributed by atoms with E-state index in [2.05, 4.69) is 21.2 Å². The summed E-state index contributed by atoms with van der Waals surface area (Å²) in [4.78, 5) is 0. The van der Waals surface area contributed by atoms with Crippen LogP contribution in [-0.2, 0) is 0 Å². The Hall–Kier alpha value is -1.06. The lowest BCUT2D eigenvalue weighted by atomic mass is 10.1. The molecular weight excluding hydrogens is 329 g/mol. The minimum Gasteiger partial charge on any atom is -0.378 e. The van der Waals surface area contributed by atoms with Crippen molar-refractivity contribution in [2.24, 2.45) is 0 Å². The maximum atomic E-state index is 13.1. The van der Waals surface area contributed by atoms with Gasteiger partial charge in [-0.2, -0.15) is 0 Å². The molecule has 100 valence electrons. The fourth-order valence-corrected chi connectivity index (χ4v) is 2.63. The standard InChI is InChI=1S/C15H14BrClFN/c1-9-3-6-15(12(16)7-9)19-10(2)11-4-5-14(18)13(17)8-11/h3-8,10,19H,1-2H3. The van der Waals surface area contributed by atoms with E-state index in [1.165, 1.54) is 11.6 Å². The van der Waals surface area contributed by atoms with Gasteiger partial charge in [0.05, 0.1) is 5.02 Å². The van der Waals surface area contributed by atoms with Crippen LogP contribution in [0.4, 0.5) is 10.1 Å². The SMILES string of the molecule is Cc1ccc(NC(C)c2ccc(F)c(Cl)c2)c(Br)c1. The van der Waals surface area contributed by atoms with Gasteiger partial charge in [-0.05, 0) is 65.2 Å². The smallest absolute Gasteiger partial charge is 0.141 e. The molecule has 0 aliphatic carbocycles. The van der Waals surface area contributed by atoms with Crippen molar-refractivity contribution in [1.29, 1.82) is 0 Å². The van der Waals surface area contributed by atoms with Gasteiger partial charge >= 0.3 is 0 Å². The van der Waals surface area contributed by atoms with Crippen LogP contribution in [0.5, 0.6) is 0 Å². The van der Waals surface area contributed by atoms with Crippen LogP contribution in [0.25, 0.3) is 0 Å². The molecule has 19 heavy (non-hydrogen) atoms. The molecule has 0 aliphatic rings. The Morgan fingerprint density at radius 3 is 2.58 bits per heavy atom. The summed E-state index contributed by atoms with van der Waals surface area (Å²) in [7, 11) is 0. The van der Waals surface area contributed by atoms with Gasteiger partial charge in [-0.25, -0.2) is 4.39 Å². The summed E-state index contributed by atoms with van der Waals surface area (Å²) in [5.41, 5.74) is 3.13. The second-order valence-electron chi connectivity index (χ2n) is 4.52. The molecule has 0 saturated heterocycles. The van der Waals surface area contributed by atoms with Crippen LogP contribution in [0.2, 0.25) is 5.02 Å². The monoisotopic (exact) mass is 341 g/mol. The summed E-state index contributed by atoms with van der Waals surface area (Å²) in [6.45, 7) is 4.05. The summed E-state index contributed by atoms with van der Waals surface area (Å²) in [5, 5.41) is 3.52. The molecule has 4 heteroatoms. The zero-order valence-electron chi connectivity index (χ0n) is 10.7. The molecule has 0 saturated carbocycles. The van der Waals surface area contributed by atoms with Crippen molar-refractivity contribution in [3.05, 3.63) is 62.8 Å². The van der Waals surface area contributed by atoms with E-state index in [1.807, 2.05) is 32.0 Å². The number of rotatable bonds is 3. The first-order valence-electron chi connectivity index (χ1n) is 5.95. The Balaban J connectivity index is 2.20.